The lowest BCUT2D eigenvalue weighted by Gasteiger charge is -2.62. The van der Waals surface area contributed by atoms with Gasteiger partial charge in [-0.3, -0.25) is 4.57 Å². The monoisotopic (exact) mass is 846 g/mol. The summed E-state index contributed by atoms with van der Waals surface area (Å²) in [6.45, 7) is 0.700. The van der Waals surface area contributed by atoms with Gasteiger partial charge in [0, 0.05) is 66.1 Å². The van der Waals surface area contributed by atoms with Crippen molar-refractivity contribution < 1.29 is 4.74 Å². The molecule has 0 atom stereocenters. The molecule has 1 aliphatic heterocycles. The van der Waals surface area contributed by atoms with Gasteiger partial charge in [0.25, 0.3) is 0 Å². The first kappa shape index (κ1) is 36.6. The molecule has 5 nitrogen and oxygen atoms in total. The summed E-state index contributed by atoms with van der Waals surface area (Å²) < 4.78 is 12.1. The zero-order valence-electron chi connectivity index (χ0n) is 35.5. The van der Waals surface area contributed by atoms with E-state index in [1.165, 1.54) is 85.9 Å². The summed E-state index contributed by atoms with van der Waals surface area (Å²) >= 11 is 1.83. The van der Waals surface area contributed by atoms with Crippen LogP contribution in [-0.2, 0) is 5.41 Å². The van der Waals surface area contributed by atoms with Crippen LogP contribution in [0.2, 0.25) is 0 Å². The van der Waals surface area contributed by atoms with Crippen LogP contribution in [0.3, 0.4) is 0 Å². The Morgan fingerprint density at radius 1 is 0.516 bits per heavy atom. The van der Waals surface area contributed by atoms with Crippen LogP contribution in [-0.4, -0.2) is 16.2 Å². The minimum absolute atomic E-state index is 0.00686. The highest BCUT2D eigenvalue weighted by atomic mass is 32.1. The molecule has 6 heteroatoms. The number of anilines is 4. The van der Waals surface area contributed by atoms with Gasteiger partial charge in [-0.25, -0.2) is 4.98 Å². The molecule has 3 aromatic heterocycles. The Bertz CT molecular complexity index is 3420. The third-order valence-corrected chi connectivity index (χ3v) is 16.7. The Kier molecular flexibility index (Phi) is 8.03. The van der Waals surface area contributed by atoms with E-state index in [4.69, 9.17) is 9.72 Å². The van der Waals surface area contributed by atoms with Gasteiger partial charge >= 0.3 is 0 Å². The zero-order chi connectivity index (χ0) is 41.9. The Hall–Kier alpha value is -6.89. The summed E-state index contributed by atoms with van der Waals surface area (Å²) in [5.74, 6) is 5.67. The minimum Gasteiger partial charge on any atom is -0.457 e. The standard InChI is InChI=1S/C58H46N4OS/c1-3-13-39(14-4-1)58(41-28-37-27-38(30-41)31-42(58)29-37)40-25-26-59-56(32-40)62-49-19-9-7-17-46(49)47-24-23-45(35-52(47)62)63-53-33-44(34-55-57(53)48-18-8-12-22-54(48)64-55)61-36-60(43-15-5-2-6-16-43)50-20-10-11-21-51(50)61/h1-26,32-35,37-38,41-42H,27-31,36H2. The molecule has 0 spiro atoms. The number of fused-ring (bicyclic) bond motifs is 7. The molecule has 4 fully saturated rings. The van der Waals surface area contributed by atoms with Gasteiger partial charge in [0.05, 0.1) is 22.4 Å². The van der Waals surface area contributed by atoms with E-state index in [1.54, 1.807) is 0 Å². The first-order valence-electron chi connectivity index (χ1n) is 23.1. The summed E-state index contributed by atoms with van der Waals surface area (Å²) in [5, 5.41) is 4.77. The summed E-state index contributed by atoms with van der Waals surface area (Å²) in [7, 11) is 0. The highest BCUT2D eigenvalue weighted by Gasteiger charge is 2.58. The van der Waals surface area contributed by atoms with Crippen molar-refractivity contribution in [2.24, 2.45) is 23.7 Å². The second-order valence-electron chi connectivity index (χ2n) is 18.8. The van der Waals surface area contributed by atoms with Crippen molar-refractivity contribution in [1.82, 2.24) is 9.55 Å². The number of rotatable bonds is 7. The number of hydrogen-bond acceptors (Lipinski definition) is 5. The lowest BCUT2D eigenvalue weighted by molar-refractivity contribution is -0.0418. The Labute approximate surface area is 376 Å². The van der Waals surface area contributed by atoms with Crippen molar-refractivity contribution in [2.45, 2.75) is 37.5 Å². The summed E-state index contributed by atoms with van der Waals surface area (Å²) in [6, 6.07) is 64.5. The molecule has 0 amide bonds. The van der Waals surface area contributed by atoms with Gasteiger partial charge in [0.2, 0.25) is 0 Å². The van der Waals surface area contributed by atoms with Crippen molar-refractivity contribution in [3.63, 3.8) is 0 Å². The molecule has 7 aromatic carbocycles. The Morgan fingerprint density at radius 3 is 1.95 bits per heavy atom. The number of nitrogens with zero attached hydrogens (tertiary/aromatic N) is 4. The normalized spacial score (nSPS) is 22.3. The van der Waals surface area contributed by atoms with E-state index in [9.17, 15) is 0 Å². The number of aromatic nitrogens is 2. The van der Waals surface area contributed by atoms with Gasteiger partial charge in [-0.2, -0.15) is 0 Å². The average molecular weight is 847 g/mol. The van der Waals surface area contributed by atoms with Gasteiger partial charge in [-0.1, -0.05) is 97.1 Å². The summed E-state index contributed by atoms with van der Waals surface area (Å²) in [5.41, 5.74) is 9.81. The largest absolute Gasteiger partial charge is 0.457 e. The van der Waals surface area contributed by atoms with Gasteiger partial charge in [-0.15, -0.1) is 11.3 Å². The van der Waals surface area contributed by atoms with Crippen LogP contribution in [0.1, 0.15) is 43.2 Å². The molecule has 310 valence electrons. The first-order chi connectivity index (χ1) is 31.7. The van der Waals surface area contributed by atoms with E-state index >= 15 is 0 Å². The van der Waals surface area contributed by atoms with E-state index in [1.807, 2.05) is 11.3 Å². The first-order valence-corrected chi connectivity index (χ1v) is 23.9. The SMILES string of the molecule is c1ccc(N2CN(c3cc(Oc4ccc5c6ccccc6n(-c6cc(C7(c8ccccc8)C8CC9CC(C8)CC7C9)ccn6)c5c4)c4c(c3)sc3ccccc34)c3ccccc32)cc1. The van der Waals surface area contributed by atoms with Gasteiger partial charge in [0.1, 0.15) is 24.0 Å². The van der Waals surface area contributed by atoms with E-state index in [0.717, 1.165) is 51.3 Å². The smallest absolute Gasteiger partial charge is 0.138 e. The maximum atomic E-state index is 7.24. The van der Waals surface area contributed by atoms with Crippen molar-refractivity contribution in [3.05, 3.63) is 193 Å². The quantitative estimate of drug-likeness (QED) is 0.160. The lowest BCUT2D eigenvalue weighted by atomic mass is 9.42. The van der Waals surface area contributed by atoms with Gasteiger partial charge in [-0.05, 0) is 134 Å². The molecular weight excluding hydrogens is 801 g/mol. The number of benzene rings is 7. The fourth-order valence-electron chi connectivity index (χ4n) is 13.2. The van der Waals surface area contributed by atoms with Crippen LogP contribution in [0.15, 0.2) is 182 Å². The molecular formula is C58H46N4OS. The average Bonchev–Trinajstić information content (AvgIpc) is 4.02. The van der Waals surface area contributed by atoms with Crippen LogP contribution < -0.4 is 14.5 Å². The van der Waals surface area contributed by atoms with Crippen molar-refractivity contribution in [3.8, 4) is 17.3 Å². The number of pyridine rings is 1. The zero-order valence-corrected chi connectivity index (χ0v) is 36.3. The second kappa shape index (κ2) is 14.1. The fourth-order valence-corrected chi connectivity index (χ4v) is 14.4. The molecule has 4 heterocycles. The minimum atomic E-state index is -0.00686. The third-order valence-electron chi connectivity index (χ3n) is 15.6. The number of hydrogen-bond donors (Lipinski definition) is 0. The van der Waals surface area contributed by atoms with E-state index in [0.29, 0.717) is 18.5 Å². The molecule has 4 bridgehead atoms. The topological polar surface area (TPSA) is 33.5 Å². The summed E-state index contributed by atoms with van der Waals surface area (Å²) in [6.07, 6.45) is 8.85. The van der Waals surface area contributed by atoms with Crippen LogP contribution in [0, 0.1) is 23.7 Å². The van der Waals surface area contributed by atoms with Crippen LogP contribution in [0.4, 0.5) is 22.7 Å². The fraction of sp³-hybridized carbons (Fsp3) is 0.190. The van der Waals surface area contributed by atoms with Crippen molar-refractivity contribution in [1.29, 1.82) is 0 Å². The summed E-state index contributed by atoms with van der Waals surface area (Å²) in [4.78, 5) is 10.0. The van der Waals surface area contributed by atoms with Crippen LogP contribution in [0.5, 0.6) is 11.5 Å². The molecule has 5 aliphatic rings. The van der Waals surface area contributed by atoms with E-state index in [2.05, 4.69) is 196 Å². The molecule has 0 saturated heterocycles. The molecule has 0 N–H and O–H groups in total. The predicted octanol–water partition coefficient (Wildman–Crippen LogP) is 15.3. The van der Waals surface area contributed by atoms with Crippen molar-refractivity contribution >= 4 is 76.1 Å². The number of thiophene rings is 1. The lowest BCUT2D eigenvalue weighted by Crippen LogP contribution is -2.56. The molecule has 0 unspecified atom stereocenters. The molecule has 4 saturated carbocycles. The molecule has 15 rings (SSSR count). The van der Waals surface area contributed by atoms with Gasteiger partial charge < -0.3 is 14.5 Å². The number of ether oxygens (including phenoxy) is 1. The van der Waals surface area contributed by atoms with Gasteiger partial charge in [0.15, 0.2) is 0 Å². The molecule has 10 aromatic rings. The Morgan fingerprint density at radius 2 is 1.17 bits per heavy atom. The maximum absolute atomic E-state index is 7.24. The molecule has 0 radical (unpaired) electrons. The molecule has 64 heavy (non-hydrogen) atoms. The third kappa shape index (κ3) is 5.38. The van der Waals surface area contributed by atoms with E-state index < -0.39 is 0 Å². The highest BCUT2D eigenvalue weighted by Crippen LogP contribution is 2.65. The highest BCUT2D eigenvalue weighted by molar-refractivity contribution is 7.26. The van der Waals surface area contributed by atoms with Crippen LogP contribution >= 0.6 is 11.3 Å². The predicted molar refractivity (Wildman–Crippen MR) is 264 cm³/mol. The maximum Gasteiger partial charge on any atom is 0.138 e. The Balaban J connectivity index is 0.915. The second-order valence-corrected chi connectivity index (χ2v) is 19.9. The van der Waals surface area contributed by atoms with E-state index in [-0.39, 0.29) is 5.41 Å². The van der Waals surface area contributed by atoms with Crippen molar-refractivity contribution in [2.75, 3.05) is 16.5 Å². The number of para-hydroxylation sites is 4. The molecule has 4 aliphatic carbocycles. The van der Waals surface area contributed by atoms with Crippen LogP contribution in [0.25, 0.3) is 47.8 Å².